The van der Waals surface area contributed by atoms with Gasteiger partial charge in [-0.2, -0.15) is 0 Å². The molecule has 6 rings (SSSR count). The van der Waals surface area contributed by atoms with Crippen molar-refractivity contribution in [2.24, 2.45) is 17.6 Å². The molecule has 0 bridgehead atoms. The predicted octanol–water partition coefficient (Wildman–Crippen LogP) is 6.05. The first-order valence-electron chi connectivity index (χ1n) is 18.3. The molecule has 3 fully saturated rings. The maximum atomic E-state index is 11.9. The van der Waals surface area contributed by atoms with E-state index >= 15 is 0 Å². The highest BCUT2D eigenvalue weighted by molar-refractivity contribution is 7.91. The van der Waals surface area contributed by atoms with E-state index in [1.165, 1.54) is 37.5 Å². The fourth-order valence-corrected chi connectivity index (χ4v) is 6.96. The molecular formula is C39H52F3N5O7S. The van der Waals surface area contributed by atoms with Gasteiger partial charge in [-0.05, 0) is 101 Å². The lowest BCUT2D eigenvalue weighted by atomic mass is 10.2. The molecule has 3 aliphatic rings. The Labute approximate surface area is 320 Å². The molecule has 0 radical (unpaired) electrons. The van der Waals surface area contributed by atoms with Crippen LogP contribution in [0.2, 0.25) is 0 Å². The van der Waals surface area contributed by atoms with E-state index in [-0.39, 0.29) is 47.5 Å². The van der Waals surface area contributed by atoms with Gasteiger partial charge in [0.05, 0.1) is 17.3 Å². The van der Waals surface area contributed by atoms with Crippen molar-refractivity contribution < 1.29 is 40.7 Å². The van der Waals surface area contributed by atoms with E-state index in [9.17, 15) is 40.8 Å². The number of aldehydes is 1. The number of ether oxygens (including phenoxy) is 1. The molecule has 2 heterocycles. The van der Waals surface area contributed by atoms with Crippen molar-refractivity contribution in [2.75, 3.05) is 25.5 Å². The molecular weight excluding hydrogens is 740 g/mol. The lowest BCUT2D eigenvalue weighted by Gasteiger charge is -2.14. The van der Waals surface area contributed by atoms with E-state index in [0.717, 1.165) is 49.1 Å². The molecule has 302 valence electrons. The summed E-state index contributed by atoms with van der Waals surface area (Å²) in [6, 6.07) is 14.7. The van der Waals surface area contributed by atoms with Gasteiger partial charge in [0.2, 0.25) is 21.8 Å². The molecule has 1 saturated heterocycles. The number of likely N-dealkylation sites (tertiary alicyclic amines) is 1. The number of hydrogen-bond donors (Lipinski definition) is 4. The molecule has 0 unspecified atom stereocenters. The molecule has 3 atom stereocenters. The maximum absolute atomic E-state index is 11.9. The van der Waals surface area contributed by atoms with Crippen molar-refractivity contribution in [3.05, 3.63) is 83.3 Å². The number of unbranched alkanes of at least 4 members (excludes halogenated alkanes) is 3. The number of benzene rings is 2. The number of fused-ring (bicyclic) bond motifs is 1. The smallest absolute Gasteiger partial charge is 0.406 e. The molecule has 2 aliphatic carbocycles. The number of anilines is 1. The van der Waals surface area contributed by atoms with E-state index < -0.39 is 21.1 Å². The maximum Gasteiger partial charge on any atom is 0.573 e. The second-order valence-electron chi connectivity index (χ2n) is 13.9. The lowest BCUT2D eigenvalue weighted by molar-refractivity contribution is -0.274. The second kappa shape index (κ2) is 20.8. The molecule has 5 N–H and O–H groups in total. The Bertz CT molecular complexity index is 1910. The molecule has 55 heavy (non-hydrogen) atoms. The number of carbonyl (C=O) groups excluding carboxylic acids is 3. The first-order chi connectivity index (χ1) is 26.0. The number of aromatic nitrogens is 1. The number of nitrogens with two attached hydrogens (primary N) is 1. The summed E-state index contributed by atoms with van der Waals surface area (Å²) >= 11 is 0. The summed E-state index contributed by atoms with van der Waals surface area (Å²) < 4.78 is 64.6. The van der Waals surface area contributed by atoms with E-state index in [1.807, 2.05) is 42.3 Å². The van der Waals surface area contributed by atoms with Crippen LogP contribution in [0, 0.1) is 11.8 Å². The summed E-state index contributed by atoms with van der Waals surface area (Å²) in [5.74, 6) is -0.733. The lowest BCUT2D eigenvalue weighted by Crippen LogP contribution is -2.39. The first-order valence-corrected chi connectivity index (χ1v) is 19.8. The highest BCUT2D eigenvalue weighted by Crippen LogP contribution is 2.44. The van der Waals surface area contributed by atoms with Crippen molar-refractivity contribution in [1.82, 2.24) is 14.6 Å². The fourth-order valence-electron chi connectivity index (χ4n) is 5.65. The van der Waals surface area contributed by atoms with Gasteiger partial charge in [-0.3, -0.25) is 24.0 Å². The van der Waals surface area contributed by atoms with Gasteiger partial charge >= 0.3 is 6.36 Å². The van der Waals surface area contributed by atoms with Crippen LogP contribution in [-0.4, -0.2) is 73.7 Å². The SMILES string of the molecule is CCCCC/C=C\[C@@H]1C[C@@H]1C(=O)NS(=O)(=O)C1(C)CC1.CN1CCC[C@H]1C(N)=O.O=CCNc1cccc(OC(F)(F)F)c1.O=c1[nH]ccc2ccccc12. The quantitative estimate of drug-likeness (QED) is 0.0911. The first kappa shape index (κ1) is 44.7. The van der Waals surface area contributed by atoms with Crippen LogP contribution < -0.4 is 26.1 Å². The van der Waals surface area contributed by atoms with Gasteiger partial charge in [-0.25, -0.2) is 8.42 Å². The Balaban J connectivity index is 0.000000206. The second-order valence-corrected chi connectivity index (χ2v) is 16.1. The number of halogens is 3. The summed E-state index contributed by atoms with van der Waals surface area (Å²) in [4.78, 5) is 48.3. The Kier molecular flexibility index (Phi) is 16.9. The zero-order valence-corrected chi connectivity index (χ0v) is 32.3. The van der Waals surface area contributed by atoms with Crippen LogP contribution in [0.1, 0.15) is 71.6 Å². The van der Waals surface area contributed by atoms with Gasteiger partial charge in [-0.15, -0.1) is 13.2 Å². The molecule has 1 aromatic heterocycles. The van der Waals surface area contributed by atoms with Crippen molar-refractivity contribution in [2.45, 2.75) is 88.8 Å². The molecule has 1 aliphatic heterocycles. The number of nitrogens with one attached hydrogen (secondary N) is 3. The summed E-state index contributed by atoms with van der Waals surface area (Å²) in [6.07, 6.45) is 10.6. The third kappa shape index (κ3) is 15.2. The average molecular weight is 792 g/mol. The van der Waals surface area contributed by atoms with Gasteiger partial charge in [0.25, 0.3) is 5.56 Å². The number of primary amides is 1. The topological polar surface area (TPSA) is 181 Å². The molecule has 2 saturated carbocycles. The number of alkyl halides is 3. The highest BCUT2D eigenvalue weighted by Gasteiger charge is 2.52. The van der Waals surface area contributed by atoms with Gasteiger partial charge in [0.15, 0.2) is 0 Å². The number of allylic oxidation sites excluding steroid dienone is 2. The fraction of sp³-hybridized carbons (Fsp3) is 0.487. The predicted molar refractivity (Wildman–Crippen MR) is 207 cm³/mol. The molecule has 2 aromatic carbocycles. The van der Waals surface area contributed by atoms with Crippen LogP contribution in [0.4, 0.5) is 18.9 Å². The minimum atomic E-state index is -4.71. The van der Waals surface area contributed by atoms with Crippen LogP contribution in [0.15, 0.2) is 77.7 Å². The third-order valence-electron chi connectivity index (χ3n) is 9.36. The number of rotatable bonds is 13. The summed E-state index contributed by atoms with van der Waals surface area (Å²) in [5.41, 5.74) is 5.48. The van der Waals surface area contributed by atoms with Gasteiger partial charge < -0.3 is 25.6 Å². The van der Waals surface area contributed by atoms with Crippen molar-refractivity contribution in [1.29, 1.82) is 0 Å². The number of likely N-dealkylation sites (N-methyl/N-ethyl adjacent to an activating group) is 1. The van der Waals surface area contributed by atoms with E-state index in [1.54, 1.807) is 13.1 Å². The summed E-state index contributed by atoms with van der Waals surface area (Å²) in [5, 5.41) is 4.33. The number of nitrogens with zero attached hydrogens (tertiary/aromatic N) is 1. The molecule has 2 amide bonds. The van der Waals surface area contributed by atoms with E-state index in [0.29, 0.717) is 24.8 Å². The number of sulfonamides is 1. The largest absolute Gasteiger partial charge is 0.573 e. The zero-order valence-electron chi connectivity index (χ0n) is 31.4. The van der Waals surface area contributed by atoms with Crippen LogP contribution in [0.5, 0.6) is 5.75 Å². The van der Waals surface area contributed by atoms with Crippen LogP contribution in [-0.2, 0) is 24.4 Å². The Morgan fingerprint density at radius 1 is 1.11 bits per heavy atom. The highest BCUT2D eigenvalue weighted by atomic mass is 32.2. The molecule has 3 aromatic rings. The summed E-state index contributed by atoms with van der Waals surface area (Å²) in [7, 11) is -1.54. The number of carbonyl (C=O) groups is 3. The number of pyridine rings is 1. The van der Waals surface area contributed by atoms with Crippen LogP contribution >= 0.6 is 0 Å². The average Bonchev–Trinajstić information content (AvgIpc) is 4.04. The minimum Gasteiger partial charge on any atom is -0.406 e. The Morgan fingerprint density at radius 3 is 2.42 bits per heavy atom. The zero-order chi connectivity index (χ0) is 40.6. The van der Waals surface area contributed by atoms with Gasteiger partial charge in [0.1, 0.15) is 12.0 Å². The molecule has 16 heteroatoms. The monoisotopic (exact) mass is 791 g/mol. The standard InChI is InChI=1S/C15H25NO3S.C9H8F3NO2.C9H7NO.C6H12N2O/c1-3-4-5-6-7-8-12-11-13(12)14(17)16-20(18,19)15(2)9-10-15;10-9(11,12)15-8-3-1-2-7(6-8)13-4-5-14;11-9-8-4-2-1-3-7(8)5-6-10-9;1-8-4-2-3-5(8)6(7)9/h7-8,12-13H,3-6,9-11H2,1-2H3,(H,16,17);1-3,5-6,13H,4H2;1-6H,(H,10,11);5H,2-4H2,1H3,(H2,7,9)/b8-7-;;;/t12-,13+;;;5-/m1..0/s1. The van der Waals surface area contributed by atoms with E-state index in [4.69, 9.17) is 5.73 Å². The number of amides is 2. The van der Waals surface area contributed by atoms with Crippen molar-refractivity contribution >= 4 is 44.6 Å². The summed E-state index contributed by atoms with van der Waals surface area (Å²) in [6.45, 7) is 4.91. The normalized spacial score (nSPS) is 19.7. The third-order valence-corrected chi connectivity index (χ3v) is 11.5. The van der Waals surface area contributed by atoms with Crippen LogP contribution in [0.25, 0.3) is 10.8 Å². The number of aromatic amines is 1. The molecule has 0 spiro atoms. The minimum absolute atomic E-state index is 0.00463. The van der Waals surface area contributed by atoms with E-state index in [2.05, 4.69) is 38.8 Å². The van der Waals surface area contributed by atoms with Crippen molar-refractivity contribution in [3.63, 3.8) is 0 Å². The Morgan fingerprint density at radius 2 is 1.84 bits per heavy atom. The molecule has 12 nitrogen and oxygen atoms in total. The number of hydrogen-bond acceptors (Lipinski definition) is 9. The number of H-pyrrole nitrogens is 1. The van der Waals surface area contributed by atoms with Gasteiger partial charge in [-0.1, -0.05) is 56.2 Å². The van der Waals surface area contributed by atoms with Crippen LogP contribution in [0.3, 0.4) is 0 Å². The Hall–Kier alpha value is -4.70. The van der Waals surface area contributed by atoms with Crippen molar-refractivity contribution in [3.8, 4) is 5.75 Å². The van der Waals surface area contributed by atoms with Gasteiger partial charge in [0, 0.05) is 29.3 Å².